The van der Waals surface area contributed by atoms with Crippen LogP contribution < -0.4 is 5.32 Å². The van der Waals surface area contributed by atoms with Gasteiger partial charge in [-0.25, -0.2) is 0 Å². The quantitative estimate of drug-likeness (QED) is 0.776. The topological polar surface area (TPSA) is 39.1 Å². The van der Waals surface area contributed by atoms with Crippen molar-refractivity contribution in [1.29, 1.82) is 5.26 Å². The second-order valence-electron chi connectivity index (χ2n) is 4.94. The normalized spacial score (nSPS) is 24.3. The van der Waals surface area contributed by atoms with E-state index >= 15 is 0 Å². The maximum absolute atomic E-state index is 8.91. The van der Waals surface area contributed by atoms with Crippen molar-refractivity contribution in [2.45, 2.75) is 18.9 Å². The van der Waals surface area contributed by atoms with Crippen LogP contribution in [0.5, 0.6) is 0 Å². The first-order valence-electron chi connectivity index (χ1n) is 6.33. The number of piperazine rings is 1. The predicted octanol–water partition coefficient (Wildman–Crippen LogP) is 0.931. The van der Waals surface area contributed by atoms with Crippen LogP contribution in [-0.4, -0.2) is 37.1 Å². The molecular formula is C14H17N3. The SMILES string of the molecule is N#Cc1ccc2c(c1)C[C@H](N1CCNCC1)C2. The summed E-state index contributed by atoms with van der Waals surface area (Å²) >= 11 is 0. The summed E-state index contributed by atoms with van der Waals surface area (Å²) in [6.45, 7) is 4.53. The molecule has 0 amide bonds. The van der Waals surface area contributed by atoms with E-state index in [1.54, 1.807) is 0 Å². The smallest absolute Gasteiger partial charge is 0.0991 e. The highest BCUT2D eigenvalue weighted by atomic mass is 15.2. The van der Waals surface area contributed by atoms with Crippen molar-refractivity contribution in [2.24, 2.45) is 0 Å². The highest BCUT2D eigenvalue weighted by Gasteiger charge is 2.27. The minimum absolute atomic E-state index is 0.654. The summed E-state index contributed by atoms with van der Waals surface area (Å²) in [6, 6.07) is 9.03. The van der Waals surface area contributed by atoms with E-state index in [0.717, 1.165) is 44.6 Å². The molecule has 1 N–H and O–H groups in total. The number of hydrogen-bond acceptors (Lipinski definition) is 3. The van der Waals surface area contributed by atoms with E-state index in [1.807, 2.05) is 6.07 Å². The van der Waals surface area contributed by atoms with E-state index in [-0.39, 0.29) is 0 Å². The van der Waals surface area contributed by atoms with Crippen molar-refractivity contribution in [3.8, 4) is 6.07 Å². The van der Waals surface area contributed by atoms with Gasteiger partial charge >= 0.3 is 0 Å². The van der Waals surface area contributed by atoms with Crippen molar-refractivity contribution in [3.05, 3.63) is 34.9 Å². The molecule has 0 spiro atoms. The molecule has 1 heterocycles. The van der Waals surface area contributed by atoms with E-state index in [9.17, 15) is 0 Å². The summed E-state index contributed by atoms with van der Waals surface area (Å²) in [7, 11) is 0. The first-order chi connectivity index (χ1) is 8.36. The molecule has 3 rings (SSSR count). The zero-order valence-electron chi connectivity index (χ0n) is 9.95. The largest absolute Gasteiger partial charge is 0.314 e. The molecular weight excluding hydrogens is 210 g/mol. The van der Waals surface area contributed by atoms with Crippen LogP contribution in [0.2, 0.25) is 0 Å². The van der Waals surface area contributed by atoms with Crippen LogP contribution in [0, 0.1) is 11.3 Å². The van der Waals surface area contributed by atoms with E-state index in [0.29, 0.717) is 6.04 Å². The minimum atomic E-state index is 0.654. The Hall–Kier alpha value is -1.37. The fourth-order valence-electron chi connectivity index (χ4n) is 2.97. The molecule has 0 bridgehead atoms. The number of hydrogen-bond donors (Lipinski definition) is 1. The van der Waals surface area contributed by atoms with Gasteiger partial charge in [-0.1, -0.05) is 6.07 Å². The van der Waals surface area contributed by atoms with Gasteiger partial charge in [0, 0.05) is 32.2 Å². The van der Waals surface area contributed by atoms with Crippen LogP contribution >= 0.6 is 0 Å². The van der Waals surface area contributed by atoms with Crippen LogP contribution in [0.15, 0.2) is 18.2 Å². The minimum Gasteiger partial charge on any atom is -0.314 e. The molecule has 2 aliphatic rings. The molecule has 1 aliphatic heterocycles. The lowest BCUT2D eigenvalue weighted by Gasteiger charge is -2.32. The first-order valence-corrected chi connectivity index (χ1v) is 6.33. The van der Waals surface area contributed by atoms with Gasteiger partial charge in [-0.3, -0.25) is 4.90 Å². The molecule has 1 fully saturated rings. The molecule has 3 heteroatoms. The fraction of sp³-hybridized carbons (Fsp3) is 0.500. The second-order valence-corrected chi connectivity index (χ2v) is 4.94. The molecule has 0 radical (unpaired) electrons. The van der Waals surface area contributed by atoms with Gasteiger partial charge in [-0.2, -0.15) is 5.26 Å². The van der Waals surface area contributed by atoms with Gasteiger partial charge < -0.3 is 5.32 Å². The third kappa shape index (κ3) is 2.06. The number of benzene rings is 1. The average Bonchev–Trinajstić information content (AvgIpc) is 2.82. The highest BCUT2D eigenvalue weighted by Crippen LogP contribution is 2.26. The summed E-state index contributed by atoms with van der Waals surface area (Å²) in [4.78, 5) is 2.59. The fourth-order valence-corrected chi connectivity index (χ4v) is 2.97. The summed E-state index contributed by atoms with van der Waals surface area (Å²) in [5.41, 5.74) is 3.62. The van der Waals surface area contributed by atoms with E-state index in [2.05, 4.69) is 28.4 Å². The van der Waals surface area contributed by atoms with Gasteiger partial charge in [-0.15, -0.1) is 0 Å². The Morgan fingerprint density at radius 2 is 1.94 bits per heavy atom. The molecule has 1 aliphatic carbocycles. The van der Waals surface area contributed by atoms with Gasteiger partial charge in [0.05, 0.1) is 11.6 Å². The molecule has 88 valence electrons. The number of fused-ring (bicyclic) bond motifs is 1. The first kappa shape index (κ1) is 10.8. The third-order valence-corrected chi connectivity index (χ3v) is 3.91. The number of nitrogens with zero attached hydrogens (tertiary/aromatic N) is 2. The molecule has 0 unspecified atom stereocenters. The van der Waals surface area contributed by atoms with Crippen LogP contribution in [0.4, 0.5) is 0 Å². The average molecular weight is 227 g/mol. The molecule has 1 aromatic rings. The molecule has 1 aromatic carbocycles. The van der Waals surface area contributed by atoms with Crippen molar-refractivity contribution in [3.63, 3.8) is 0 Å². The van der Waals surface area contributed by atoms with Gasteiger partial charge in [0.25, 0.3) is 0 Å². The summed E-state index contributed by atoms with van der Waals surface area (Å²) < 4.78 is 0. The van der Waals surface area contributed by atoms with E-state index in [1.165, 1.54) is 11.1 Å². The maximum Gasteiger partial charge on any atom is 0.0991 e. The molecule has 0 saturated carbocycles. The van der Waals surface area contributed by atoms with Crippen molar-refractivity contribution in [2.75, 3.05) is 26.2 Å². The van der Waals surface area contributed by atoms with Crippen LogP contribution in [-0.2, 0) is 12.8 Å². The van der Waals surface area contributed by atoms with Crippen molar-refractivity contribution >= 4 is 0 Å². The number of rotatable bonds is 1. The van der Waals surface area contributed by atoms with Crippen molar-refractivity contribution in [1.82, 2.24) is 10.2 Å². The summed E-state index contributed by atoms with van der Waals surface area (Å²) in [6.07, 6.45) is 2.27. The molecule has 1 saturated heterocycles. The van der Waals surface area contributed by atoms with E-state index < -0.39 is 0 Å². The molecule has 0 aromatic heterocycles. The Morgan fingerprint density at radius 1 is 1.18 bits per heavy atom. The van der Waals surface area contributed by atoms with Gasteiger partial charge in [0.15, 0.2) is 0 Å². The molecule has 3 nitrogen and oxygen atoms in total. The van der Waals surface area contributed by atoms with Crippen LogP contribution in [0.3, 0.4) is 0 Å². The number of nitriles is 1. The summed E-state index contributed by atoms with van der Waals surface area (Å²) in [5.74, 6) is 0. The van der Waals surface area contributed by atoms with Gasteiger partial charge in [0.1, 0.15) is 0 Å². The van der Waals surface area contributed by atoms with E-state index in [4.69, 9.17) is 5.26 Å². The standard InChI is InChI=1S/C14H17N3/c15-10-11-1-2-12-8-14(9-13(12)7-11)17-5-3-16-4-6-17/h1-2,7,14,16H,3-6,8-9H2/t14-/m1/s1. The Balaban J connectivity index is 1.76. The highest BCUT2D eigenvalue weighted by molar-refractivity contribution is 5.41. The monoisotopic (exact) mass is 227 g/mol. The predicted molar refractivity (Wildman–Crippen MR) is 66.8 cm³/mol. The second kappa shape index (κ2) is 4.48. The Kier molecular flexibility index (Phi) is 2.84. The van der Waals surface area contributed by atoms with Crippen LogP contribution in [0.25, 0.3) is 0 Å². The number of nitrogens with one attached hydrogen (secondary N) is 1. The Bertz CT molecular complexity index is 455. The Labute approximate surface area is 102 Å². The van der Waals surface area contributed by atoms with Crippen LogP contribution in [0.1, 0.15) is 16.7 Å². The van der Waals surface area contributed by atoms with Crippen molar-refractivity contribution < 1.29 is 0 Å². The lowest BCUT2D eigenvalue weighted by atomic mass is 10.1. The molecule has 1 atom stereocenters. The van der Waals surface area contributed by atoms with Gasteiger partial charge in [-0.05, 0) is 36.1 Å². The zero-order valence-corrected chi connectivity index (χ0v) is 9.95. The summed E-state index contributed by atoms with van der Waals surface area (Å²) in [5, 5.41) is 12.3. The molecule has 17 heavy (non-hydrogen) atoms. The lowest BCUT2D eigenvalue weighted by Crippen LogP contribution is -2.48. The lowest BCUT2D eigenvalue weighted by molar-refractivity contribution is 0.178. The Morgan fingerprint density at radius 3 is 2.71 bits per heavy atom. The zero-order chi connectivity index (χ0) is 11.7. The maximum atomic E-state index is 8.91. The third-order valence-electron chi connectivity index (χ3n) is 3.91. The van der Waals surface area contributed by atoms with Gasteiger partial charge in [0.2, 0.25) is 0 Å².